The lowest BCUT2D eigenvalue weighted by Gasteiger charge is -2.19. The van der Waals surface area contributed by atoms with Crippen molar-refractivity contribution in [3.05, 3.63) is 77.9 Å². The normalized spacial score (nSPS) is 13.1. The minimum Gasteiger partial charge on any atom is -0.461 e. The van der Waals surface area contributed by atoms with Crippen molar-refractivity contribution < 1.29 is 13.9 Å². The summed E-state index contributed by atoms with van der Waals surface area (Å²) in [6, 6.07) is 17.3. The number of nitrogens with zero attached hydrogens (tertiary/aromatic N) is 3. The quantitative estimate of drug-likeness (QED) is 0.177. The molecule has 0 bridgehead atoms. The highest BCUT2D eigenvalue weighted by Crippen LogP contribution is 2.36. The molecule has 39 heavy (non-hydrogen) atoms. The summed E-state index contributed by atoms with van der Waals surface area (Å²) < 4.78 is 13.7. The van der Waals surface area contributed by atoms with Crippen molar-refractivity contribution in [3.63, 3.8) is 0 Å². The average Bonchev–Trinajstić information content (AvgIpc) is 3.65. The number of hydrogen-bond donors (Lipinski definition) is 1. The Morgan fingerprint density at radius 2 is 1.97 bits per heavy atom. The molecule has 8 heteroatoms. The monoisotopic (exact) mass is 542 g/mol. The topological polar surface area (TPSA) is 72.5 Å². The first kappa shape index (κ1) is 27.0. The summed E-state index contributed by atoms with van der Waals surface area (Å²) in [6.45, 7) is 13.2. The molecule has 0 aliphatic carbocycles. The van der Waals surface area contributed by atoms with Crippen LogP contribution in [0.5, 0.6) is 0 Å². The van der Waals surface area contributed by atoms with E-state index in [9.17, 15) is 4.79 Å². The highest BCUT2D eigenvalue weighted by atomic mass is 28.3. The van der Waals surface area contributed by atoms with Gasteiger partial charge in [0.2, 0.25) is 5.91 Å². The fourth-order valence-corrected chi connectivity index (χ4v) is 5.63. The van der Waals surface area contributed by atoms with Gasteiger partial charge in [-0.15, -0.1) is 0 Å². The Morgan fingerprint density at radius 3 is 2.74 bits per heavy atom. The number of aromatic nitrogens is 2. The number of hydrogen-bond acceptors (Lipinski definition) is 5. The van der Waals surface area contributed by atoms with Gasteiger partial charge in [0.1, 0.15) is 18.3 Å². The van der Waals surface area contributed by atoms with Gasteiger partial charge in [-0.1, -0.05) is 43.9 Å². The third-order valence-electron chi connectivity index (χ3n) is 7.17. The van der Waals surface area contributed by atoms with Gasteiger partial charge in [0.25, 0.3) is 0 Å². The maximum atomic E-state index is 13.3. The predicted octanol–water partition coefficient (Wildman–Crippen LogP) is 6.74. The van der Waals surface area contributed by atoms with E-state index < -0.39 is 8.07 Å². The van der Waals surface area contributed by atoms with Gasteiger partial charge in [-0.05, 0) is 61.7 Å². The number of imidazole rings is 1. The van der Waals surface area contributed by atoms with E-state index in [1.54, 1.807) is 0 Å². The molecule has 0 fully saturated rings. The number of amides is 1. The smallest absolute Gasteiger partial charge is 0.246 e. The van der Waals surface area contributed by atoms with Crippen LogP contribution in [0.25, 0.3) is 22.6 Å². The van der Waals surface area contributed by atoms with Gasteiger partial charge in [0.15, 0.2) is 0 Å². The molecule has 1 amide bonds. The van der Waals surface area contributed by atoms with Crippen LogP contribution in [-0.2, 0) is 22.7 Å². The molecular formula is C31H38N4O3Si. The van der Waals surface area contributed by atoms with Crippen molar-refractivity contribution >= 4 is 25.4 Å². The predicted molar refractivity (Wildman–Crippen MR) is 160 cm³/mol. The first-order valence-corrected chi connectivity index (χ1v) is 17.3. The molecule has 204 valence electrons. The minimum atomic E-state index is -1.11. The second kappa shape index (κ2) is 11.2. The van der Waals surface area contributed by atoms with Crippen LogP contribution in [0.15, 0.2) is 65.5 Å². The molecule has 3 heterocycles. The fourth-order valence-electron chi connectivity index (χ4n) is 4.87. The Bertz CT molecular complexity index is 1470. The molecule has 0 saturated carbocycles. The zero-order valence-electron chi connectivity index (χ0n) is 23.6. The molecule has 5 rings (SSSR count). The molecule has 1 aliphatic rings. The van der Waals surface area contributed by atoms with E-state index in [0.29, 0.717) is 13.3 Å². The van der Waals surface area contributed by atoms with Crippen LogP contribution in [0, 0.1) is 13.8 Å². The van der Waals surface area contributed by atoms with Gasteiger partial charge >= 0.3 is 0 Å². The van der Waals surface area contributed by atoms with E-state index in [1.165, 1.54) is 5.56 Å². The summed E-state index contributed by atoms with van der Waals surface area (Å²) in [6.07, 6.45) is 4.67. The van der Waals surface area contributed by atoms with Crippen LogP contribution < -0.4 is 10.2 Å². The fraction of sp³-hybridized carbons (Fsp3) is 0.355. The highest BCUT2D eigenvalue weighted by molar-refractivity contribution is 6.76. The number of anilines is 2. The van der Waals surface area contributed by atoms with Crippen molar-refractivity contribution in [1.82, 2.24) is 9.55 Å². The molecule has 4 aromatic rings. The molecule has 0 atom stereocenters. The van der Waals surface area contributed by atoms with Crippen LogP contribution in [0.1, 0.15) is 16.9 Å². The lowest BCUT2D eigenvalue weighted by Crippen LogP contribution is -2.34. The summed E-state index contributed by atoms with van der Waals surface area (Å²) in [7, 11) is -1.11. The van der Waals surface area contributed by atoms with Crippen LogP contribution in [0.4, 0.5) is 11.4 Å². The SMILES string of the molecule is Cc1ccc(-c2ccc(C)c(NCC(=O)N3CCc4c(-c5cn(COCC[Si](C)(C)C)cn5)cccc43)c2)o1. The lowest BCUT2D eigenvalue weighted by atomic mass is 10.0. The Labute approximate surface area is 231 Å². The first-order valence-electron chi connectivity index (χ1n) is 13.6. The largest absolute Gasteiger partial charge is 0.461 e. The molecule has 0 unspecified atom stereocenters. The van der Waals surface area contributed by atoms with E-state index in [0.717, 1.165) is 64.4 Å². The minimum absolute atomic E-state index is 0.0471. The Balaban J connectivity index is 1.24. The third-order valence-corrected chi connectivity index (χ3v) is 8.87. The maximum Gasteiger partial charge on any atom is 0.246 e. The summed E-state index contributed by atoms with van der Waals surface area (Å²) in [5, 5.41) is 3.36. The van der Waals surface area contributed by atoms with Crippen molar-refractivity contribution in [1.29, 1.82) is 0 Å². The molecular weight excluding hydrogens is 504 g/mol. The van der Waals surface area contributed by atoms with E-state index in [-0.39, 0.29) is 12.5 Å². The van der Waals surface area contributed by atoms with E-state index in [1.807, 2.05) is 78.3 Å². The molecule has 0 spiro atoms. The van der Waals surface area contributed by atoms with Crippen molar-refractivity contribution in [2.45, 2.75) is 52.7 Å². The van der Waals surface area contributed by atoms with E-state index in [2.05, 4.69) is 36.0 Å². The van der Waals surface area contributed by atoms with Crippen LogP contribution in [-0.4, -0.2) is 43.2 Å². The lowest BCUT2D eigenvalue weighted by molar-refractivity contribution is -0.116. The van der Waals surface area contributed by atoms with Crippen LogP contribution in [0.3, 0.4) is 0 Å². The second-order valence-electron chi connectivity index (χ2n) is 11.5. The number of aryl methyl sites for hydroxylation is 2. The molecule has 0 saturated heterocycles. The van der Waals surface area contributed by atoms with Gasteiger partial charge in [-0.3, -0.25) is 4.79 Å². The van der Waals surface area contributed by atoms with Crippen LogP contribution >= 0.6 is 0 Å². The van der Waals surface area contributed by atoms with Crippen molar-refractivity contribution in [2.75, 3.05) is 29.9 Å². The summed E-state index contributed by atoms with van der Waals surface area (Å²) in [5.41, 5.74) is 7.13. The number of benzene rings is 2. The molecule has 1 aliphatic heterocycles. The molecule has 2 aromatic heterocycles. The summed E-state index contributed by atoms with van der Waals surface area (Å²) in [5.74, 6) is 1.74. The number of carbonyl (C=O) groups excluding carboxylic acids is 1. The zero-order chi connectivity index (χ0) is 27.6. The van der Waals surface area contributed by atoms with Gasteiger partial charge in [0.05, 0.1) is 18.6 Å². The highest BCUT2D eigenvalue weighted by Gasteiger charge is 2.27. The van der Waals surface area contributed by atoms with E-state index >= 15 is 0 Å². The van der Waals surface area contributed by atoms with Crippen molar-refractivity contribution in [2.24, 2.45) is 0 Å². The molecule has 2 aromatic carbocycles. The van der Waals surface area contributed by atoms with Crippen molar-refractivity contribution in [3.8, 4) is 22.6 Å². The van der Waals surface area contributed by atoms with Crippen LogP contribution in [0.2, 0.25) is 25.7 Å². The number of ether oxygens (including phenoxy) is 1. The maximum absolute atomic E-state index is 13.3. The first-order chi connectivity index (χ1) is 18.7. The number of fused-ring (bicyclic) bond motifs is 1. The number of nitrogens with one attached hydrogen (secondary N) is 1. The molecule has 0 radical (unpaired) electrons. The van der Waals surface area contributed by atoms with Gasteiger partial charge in [-0.25, -0.2) is 4.98 Å². The Morgan fingerprint density at radius 1 is 1.13 bits per heavy atom. The number of rotatable bonds is 10. The van der Waals surface area contributed by atoms with Gasteiger partial charge in [0, 0.05) is 49.9 Å². The standard InChI is InChI=1S/C31H38N4O3Si/c1-22-9-11-24(30-12-10-23(2)38-30)17-27(22)32-18-31(36)35-14-13-26-25(7-6-8-29(26)35)28-19-34(20-33-28)21-37-15-16-39(3,4)5/h6-12,17,19-20,32H,13-16,18,21H2,1-5H3. The summed E-state index contributed by atoms with van der Waals surface area (Å²) in [4.78, 5) is 19.9. The Kier molecular flexibility index (Phi) is 7.77. The second-order valence-corrected chi connectivity index (χ2v) is 17.1. The number of carbonyl (C=O) groups is 1. The Hall–Kier alpha value is -3.62. The molecule has 1 N–H and O–H groups in total. The number of furan rings is 1. The zero-order valence-corrected chi connectivity index (χ0v) is 24.6. The van der Waals surface area contributed by atoms with Gasteiger partial charge < -0.3 is 23.9 Å². The van der Waals surface area contributed by atoms with E-state index in [4.69, 9.17) is 9.15 Å². The summed E-state index contributed by atoms with van der Waals surface area (Å²) >= 11 is 0. The average molecular weight is 543 g/mol. The van der Waals surface area contributed by atoms with Gasteiger partial charge in [-0.2, -0.15) is 0 Å². The molecule has 7 nitrogen and oxygen atoms in total. The third kappa shape index (κ3) is 6.34.